The van der Waals surface area contributed by atoms with Gasteiger partial charge in [-0.1, -0.05) is 0 Å². The number of esters is 1. The number of aromatic nitrogens is 2. The molecule has 0 amide bonds. The average Bonchev–Trinajstić information content (AvgIpc) is 3.11. The highest BCUT2D eigenvalue weighted by molar-refractivity contribution is 5.89. The number of rotatable bonds is 3. The maximum absolute atomic E-state index is 11.7. The van der Waals surface area contributed by atoms with Crippen LogP contribution < -0.4 is 0 Å². The third kappa shape index (κ3) is 2.42. The molecule has 0 N–H and O–H groups in total. The summed E-state index contributed by atoms with van der Waals surface area (Å²) in [5, 5.41) is 0. The number of imidazole rings is 1. The lowest BCUT2D eigenvalue weighted by molar-refractivity contribution is 0.0600. The van der Waals surface area contributed by atoms with Gasteiger partial charge in [0.25, 0.3) is 0 Å². The van der Waals surface area contributed by atoms with Crippen LogP contribution in [0.2, 0.25) is 0 Å². The first-order chi connectivity index (χ1) is 10.1. The van der Waals surface area contributed by atoms with E-state index in [1.165, 1.54) is 13.5 Å². The van der Waals surface area contributed by atoms with E-state index in [0.717, 1.165) is 24.3 Å². The fourth-order valence-corrected chi connectivity index (χ4v) is 3.18. The summed E-state index contributed by atoms with van der Waals surface area (Å²) in [5.41, 5.74) is 1.56. The van der Waals surface area contributed by atoms with Gasteiger partial charge in [-0.05, 0) is 45.4 Å². The second kappa shape index (κ2) is 5.48. The third-order valence-corrected chi connectivity index (χ3v) is 4.23. The molecule has 0 radical (unpaired) electrons. The normalized spacial score (nSPS) is 19.5. The van der Waals surface area contributed by atoms with Gasteiger partial charge in [0.15, 0.2) is 0 Å². The molecular formula is C16H21N3O2. The minimum atomic E-state index is -0.316. The second-order valence-corrected chi connectivity index (χ2v) is 5.81. The summed E-state index contributed by atoms with van der Waals surface area (Å²) in [6, 6.07) is 4.51. The molecular weight excluding hydrogens is 266 g/mol. The summed E-state index contributed by atoms with van der Waals surface area (Å²) in [7, 11) is 1.40. The quantitative estimate of drug-likeness (QED) is 0.814. The highest BCUT2D eigenvalue weighted by atomic mass is 16.5. The lowest BCUT2D eigenvalue weighted by Crippen LogP contribution is -2.31. The third-order valence-electron chi connectivity index (χ3n) is 4.23. The molecule has 1 fully saturated rings. The molecule has 21 heavy (non-hydrogen) atoms. The Bertz CT molecular complexity index is 663. The minimum absolute atomic E-state index is 0.316. The van der Waals surface area contributed by atoms with E-state index in [2.05, 4.69) is 23.7 Å². The lowest BCUT2D eigenvalue weighted by Gasteiger charge is -2.27. The van der Waals surface area contributed by atoms with Gasteiger partial charge in [0.1, 0.15) is 5.82 Å². The smallest absolute Gasteiger partial charge is 0.339 e. The van der Waals surface area contributed by atoms with Gasteiger partial charge in [0.2, 0.25) is 0 Å². The number of ether oxygens (including phenoxy) is 1. The lowest BCUT2D eigenvalue weighted by atomic mass is 10.2. The summed E-state index contributed by atoms with van der Waals surface area (Å²) in [5.74, 6) is 0.700. The van der Waals surface area contributed by atoms with Crippen molar-refractivity contribution in [2.24, 2.45) is 0 Å². The molecule has 0 bridgehead atoms. The summed E-state index contributed by atoms with van der Waals surface area (Å²) >= 11 is 0. The van der Waals surface area contributed by atoms with Gasteiger partial charge >= 0.3 is 5.97 Å². The molecule has 112 valence electrons. The molecule has 1 saturated heterocycles. The first-order valence-corrected chi connectivity index (χ1v) is 7.43. The molecule has 0 aromatic carbocycles. The van der Waals surface area contributed by atoms with Crippen LogP contribution in [0.1, 0.15) is 48.9 Å². The van der Waals surface area contributed by atoms with Gasteiger partial charge in [-0.3, -0.25) is 4.90 Å². The highest BCUT2D eigenvalue weighted by Crippen LogP contribution is 2.33. The zero-order chi connectivity index (χ0) is 15.0. The van der Waals surface area contributed by atoms with Crippen molar-refractivity contribution in [3.63, 3.8) is 0 Å². The monoisotopic (exact) mass is 287 g/mol. The van der Waals surface area contributed by atoms with Gasteiger partial charge in [0, 0.05) is 12.2 Å². The maximum atomic E-state index is 11.7. The minimum Gasteiger partial charge on any atom is -0.465 e. The van der Waals surface area contributed by atoms with E-state index in [-0.39, 0.29) is 5.97 Å². The molecule has 0 aliphatic carbocycles. The van der Waals surface area contributed by atoms with E-state index in [4.69, 9.17) is 4.74 Å². The number of nitrogens with zero attached hydrogens (tertiary/aromatic N) is 3. The van der Waals surface area contributed by atoms with Crippen molar-refractivity contribution in [1.29, 1.82) is 0 Å². The van der Waals surface area contributed by atoms with E-state index < -0.39 is 0 Å². The molecule has 1 aliphatic heterocycles. The predicted octanol–water partition coefficient (Wildman–Crippen LogP) is 2.67. The molecule has 0 spiro atoms. The van der Waals surface area contributed by atoms with Crippen molar-refractivity contribution < 1.29 is 9.53 Å². The van der Waals surface area contributed by atoms with Gasteiger partial charge in [-0.2, -0.15) is 0 Å². The van der Waals surface area contributed by atoms with Crippen LogP contribution in [0.15, 0.2) is 24.5 Å². The fourth-order valence-electron chi connectivity index (χ4n) is 3.18. The number of carbonyl (C=O) groups is 1. The standard InChI is InChI=1S/C16H21N3O2/c1-11(2)18-8-4-5-14(18)15-17-9-13-7-6-12(10-19(13)15)16(20)21-3/h6-7,9-11,14H,4-5,8H2,1-3H3. The Kier molecular flexibility index (Phi) is 3.68. The van der Waals surface area contributed by atoms with E-state index in [1.54, 1.807) is 6.07 Å². The Morgan fingerprint density at radius 1 is 1.43 bits per heavy atom. The maximum Gasteiger partial charge on any atom is 0.339 e. The van der Waals surface area contributed by atoms with Crippen LogP contribution in [-0.2, 0) is 4.74 Å². The predicted molar refractivity (Wildman–Crippen MR) is 80.3 cm³/mol. The first kappa shape index (κ1) is 14.1. The molecule has 1 atom stereocenters. The average molecular weight is 287 g/mol. The highest BCUT2D eigenvalue weighted by Gasteiger charge is 2.30. The van der Waals surface area contributed by atoms with Crippen molar-refractivity contribution >= 4 is 11.5 Å². The van der Waals surface area contributed by atoms with Crippen LogP contribution in [0.4, 0.5) is 0 Å². The van der Waals surface area contributed by atoms with Crippen molar-refractivity contribution in [3.8, 4) is 0 Å². The van der Waals surface area contributed by atoms with Crippen molar-refractivity contribution in [3.05, 3.63) is 35.9 Å². The van der Waals surface area contributed by atoms with Gasteiger partial charge < -0.3 is 9.14 Å². The van der Waals surface area contributed by atoms with Crippen LogP contribution in [-0.4, -0.2) is 40.0 Å². The van der Waals surface area contributed by atoms with Crippen LogP contribution in [0, 0.1) is 0 Å². The van der Waals surface area contributed by atoms with E-state index in [0.29, 0.717) is 17.6 Å². The topological polar surface area (TPSA) is 46.8 Å². The molecule has 1 unspecified atom stereocenters. The first-order valence-electron chi connectivity index (χ1n) is 7.43. The second-order valence-electron chi connectivity index (χ2n) is 5.81. The number of methoxy groups -OCH3 is 1. The number of hydrogen-bond donors (Lipinski definition) is 0. The van der Waals surface area contributed by atoms with Gasteiger partial charge in [-0.25, -0.2) is 9.78 Å². The van der Waals surface area contributed by atoms with Gasteiger partial charge in [-0.15, -0.1) is 0 Å². The van der Waals surface area contributed by atoms with Gasteiger partial charge in [0.05, 0.1) is 30.4 Å². The summed E-state index contributed by atoms with van der Waals surface area (Å²) < 4.78 is 6.83. The molecule has 1 aliphatic rings. The van der Waals surface area contributed by atoms with E-state index in [1.807, 2.05) is 22.9 Å². The summed E-state index contributed by atoms with van der Waals surface area (Å²) in [4.78, 5) is 18.8. The number of carbonyl (C=O) groups excluding carboxylic acids is 1. The molecule has 3 rings (SSSR count). The van der Waals surface area contributed by atoms with Crippen molar-refractivity contribution in [1.82, 2.24) is 14.3 Å². The van der Waals surface area contributed by atoms with E-state index >= 15 is 0 Å². The number of fused-ring (bicyclic) bond motifs is 1. The molecule has 2 aromatic rings. The molecule has 5 nitrogen and oxygen atoms in total. The van der Waals surface area contributed by atoms with Crippen LogP contribution in [0.25, 0.3) is 5.52 Å². The Balaban J connectivity index is 2.04. The zero-order valence-corrected chi connectivity index (χ0v) is 12.7. The Morgan fingerprint density at radius 2 is 2.24 bits per heavy atom. The van der Waals surface area contributed by atoms with Crippen LogP contribution in [0.5, 0.6) is 0 Å². The van der Waals surface area contributed by atoms with Crippen molar-refractivity contribution in [2.75, 3.05) is 13.7 Å². The number of likely N-dealkylation sites (tertiary alicyclic amines) is 1. The fraction of sp³-hybridized carbons (Fsp3) is 0.500. The SMILES string of the molecule is COC(=O)c1ccc2cnc(C3CCCN3C(C)C)n2c1. The Hall–Kier alpha value is -1.88. The Morgan fingerprint density at radius 3 is 2.95 bits per heavy atom. The number of pyridine rings is 1. The van der Waals surface area contributed by atoms with E-state index in [9.17, 15) is 4.79 Å². The largest absolute Gasteiger partial charge is 0.465 e. The Labute approximate surface area is 124 Å². The molecule has 3 heterocycles. The van der Waals surface area contributed by atoms with Crippen LogP contribution >= 0.6 is 0 Å². The molecule has 5 heteroatoms. The molecule has 0 saturated carbocycles. The summed E-state index contributed by atoms with van der Waals surface area (Å²) in [6.07, 6.45) is 6.00. The summed E-state index contributed by atoms with van der Waals surface area (Å²) in [6.45, 7) is 5.54. The molecule has 2 aromatic heterocycles. The zero-order valence-electron chi connectivity index (χ0n) is 12.7. The van der Waals surface area contributed by atoms with Crippen molar-refractivity contribution in [2.45, 2.75) is 38.8 Å². The number of hydrogen-bond acceptors (Lipinski definition) is 4. The van der Waals surface area contributed by atoms with Crippen LogP contribution in [0.3, 0.4) is 0 Å².